The summed E-state index contributed by atoms with van der Waals surface area (Å²) in [5.74, 6) is 1.78. The summed E-state index contributed by atoms with van der Waals surface area (Å²) in [5, 5.41) is 170. The molecule has 102 heavy (non-hydrogen) atoms. The first kappa shape index (κ1) is 80.4. The van der Waals surface area contributed by atoms with Gasteiger partial charge in [0.05, 0.1) is 39.6 Å². The summed E-state index contributed by atoms with van der Waals surface area (Å²) >= 11 is 0. The van der Waals surface area contributed by atoms with Crippen LogP contribution in [0.3, 0.4) is 0 Å². The van der Waals surface area contributed by atoms with Gasteiger partial charge in [-0.3, -0.25) is 29.4 Å². The molecule has 6 fully saturated rings. The molecular formula is C54H84N24O24. The predicted octanol–water partition coefficient (Wildman–Crippen LogP) is -14.7. The Morgan fingerprint density at radius 3 is 0.451 bits per heavy atom. The second kappa shape index (κ2) is 35.3. The Balaban J connectivity index is 0.000000172. The van der Waals surface area contributed by atoms with Crippen LogP contribution in [0.5, 0.6) is 0 Å². The van der Waals surface area contributed by atoms with Crippen molar-refractivity contribution in [2.24, 2.45) is 94.3 Å². The highest BCUT2D eigenvalue weighted by molar-refractivity contribution is 5.92. The summed E-state index contributed by atoms with van der Waals surface area (Å²) in [7, 11) is 0. The average Bonchev–Trinajstić information content (AvgIpc) is 1.69. The number of nitrogens with two attached hydrogens (primary N) is 6. The largest absolute Gasteiger partial charge is 0.394 e. The van der Waals surface area contributed by atoms with Gasteiger partial charge in [0.1, 0.15) is 183 Å². The number of aliphatic hydroxyl groups is 18. The third-order valence-electron chi connectivity index (χ3n) is 15.9. The third kappa shape index (κ3) is 18.3. The highest BCUT2D eigenvalue weighted by atomic mass is 16.6. The lowest BCUT2D eigenvalue weighted by Gasteiger charge is -2.29. The summed E-state index contributed by atoms with van der Waals surface area (Å²) in [6.45, 7) is 19.4. The maximum absolute atomic E-state index is 9.78. The van der Waals surface area contributed by atoms with Gasteiger partial charge in [-0.1, -0.05) is 39.5 Å². The van der Waals surface area contributed by atoms with Crippen molar-refractivity contribution in [2.45, 2.75) is 147 Å². The van der Waals surface area contributed by atoms with E-state index in [1.54, 1.807) is 0 Å². The van der Waals surface area contributed by atoms with Gasteiger partial charge in [0.15, 0.2) is 37.4 Å². The molecule has 12 aliphatic rings. The first-order valence-electron chi connectivity index (χ1n) is 30.1. The van der Waals surface area contributed by atoms with Gasteiger partial charge in [-0.25, -0.2) is 30.0 Å². The molecule has 0 spiro atoms. The van der Waals surface area contributed by atoms with E-state index in [2.05, 4.69) is 99.4 Å². The molecule has 6 saturated heterocycles. The zero-order valence-electron chi connectivity index (χ0n) is 53.8. The number of nitrogens with zero attached hydrogens (tertiary/aromatic N) is 18. The molecule has 30 N–H and O–H groups in total. The Labute approximate surface area is 577 Å². The number of aliphatic hydroxyl groups excluding tert-OH is 18. The van der Waals surface area contributed by atoms with Gasteiger partial charge >= 0.3 is 0 Å². The second-order valence-electron chi connectivity index (χ2n) is 22.6. The summed E-state index contributed by atoms with van der Waals surface area (Å²) in [6, 6.07) is 0. The van der Waals surface area contributed by atoms with E-state index in [9.17, 15) is 61.3 Å². The van der Waals surface area contributed by atoms with Gasteiger partial charge in [0, 0.05) is 0 Å². The molecule has 0 aromatic heterocycles. The van der Waals surface area contributed by atoms with Crippen molar-refractivity contribution >= 4 is 73.8 Å². The van der Waals surface area contributed by atoms with Crippen molar-refractivity contribution in [3.8, 4) is 0 Å². The molecule has 12 rings (SSSR count). The van der Waals surface area contributed by atoms with Crippen LogP contribution in [0.2, 0.25) is 0 Å². The average molecular weight is 1450 g/mol. The number of ether oxygens (including phenoxy) is 6. The quantitative estimate of drug-likeness (QED) is 0.0863. The fourth-order valence-corrected chi connectivity index (χ4v) is 10.4. The lowest BCUT2D eigenvalue weighted by molar-refractivity contribution is -0.0607. The summed E-state index contributed by atoms with van der Waals surface area (Å²) in [6.07, 6.45) is -16.8. The number of hydrogen-bond acceptors (Lipinski definition) is 48. The van der Waals surface area contributed by atoms with Crippen LogP contribution in [0.15, 0.2) is 134 Å². The maximum atomic E-state index is 9.78. The fraction of sp³-hybridized carbons (Fsp3) is 0.556. The zero-order chi connectivity index (χ0) is 75.5. The minimum Gasteiger partial charge on any atom is -0.394 e. The molecule has 24 atom stereocenters. The van der Waals surface area contributed by atoms with Crippen LogP contribution < -0.4 is 34.4 Å². The van der Waals surface area contributed by atoms with Crippen LogP contribution in [0.4, 0.5) is 0 Å². The smallest absolute Gasteiger partial charge is 0.223 e. The van der Waals surface area contributed by atoms with Crippen molar-refractivity contribution in [3.05, 3.63) is 74.4 Å². The van der Waals surface area contributed by atoms with Crippen molar-refractivity contribution in [1.82, 2.24) is 29.4 Å². The minimum atomic E-state index is -1.19. The first-order chi connectivity index (χ1) is 48.2. The Morgan fingerprint density at radius 2 is 0.363 bits per heavy atom. The standard InChI is InChI=1S/6C9H14N4O4/c6*1-4-12-9(10)11-3-13(4)8-7(16)6(15)5(2-14)17-8/h6*3,5-8,14-16H,1-2H2,(H2,10,12)/t6*5-,6+,7?,8-/m111111/s1. The molecule has 12 heterocycles. The molecule has 0 aromatic carbocycles. The number of rotatable bonds is 12. The number of guanidine groups is 6. The highest BCUT2D eigenvalue weighted by Gasteiger charge is 2.51. The molecule has 0 aromatic rings. The Morgan fingerprint density at radius 1 is 0.245 bits per heavy atom. The van der Waals surface area contributed by atoms with Gasteiger partial charge < -0.3 is 155 Å². The summed E-state index contributed by atoms with van der Waals surface area (Å²) < 4.78 is 31.8. The van der Waals surface area contributed by atoms with E-state index < -0.39 is 187 Å². The van der Waals surface area contributed by atoms with Crippen molar-refractivity contribution in [3.63, 3.8) is 0 Å². The lowest BCUT2D eigenvalue weighted by Crippen LogP contribution is -2.44. The molecule has 0 saturated carbocycles. The molecule has 0 aliphatic carbocycles. The number of aliphatic imine (C=N–C) groups is 12. The van der Waals surface area contributed by atoms with E-state index in [1.165, 1.54) is 67.4 Å². The normalized spacial score (nSPS) is 37.5. The first-order valence-corrected chi connectivity index (χ1v) is 30.1. The third-order valence-corrected chi connectivity index (χ3v) is 15.9. The summed E-state index contributed by atoms with van der Waals surface area (Å²) in [5.41, 5.74) is 32.2. The molecule has 12 aliphatic heterocycles. The predicted molar refractivity (Wildman–Crippen MR) is 353 cm³/mol. The number of hydrogen-bond donors (Lipinski definition) is 24. The van der Waals surface area contributed by atoms with Crippen molar-refractivity contribution in [2.75, 3.05) is 39.6 Å². The highest BCUT2D eigenvalue weighted by Crippen LogP contribution is 2.32. The van der Waals surface area contributed by atoms with E-state index in [1.807, 2.05) is 0 Å². The van der Waals surface area contributed by atoms with Crippen LogP contribution in [0, 0.1) is 0 Å². The Bertz CT molecular complexity index is 2860. The SMILES string of the molecule is C=C1N=C(N)N=CN1[C@@H]1O[C@H](CO)[C@H](O)C1O.C=C1N=C(N)N=CN1[C@@H]1O[C@H](CO)[C@H](O)C1O.C=C1N=C(N)N=CN1[C@@H]1O[C@H](CO)[C@H](O)C1O.C=C1N=C(N)N=CN1[C@@H]1O[C@H](CO)[C@H](O)C1O.C=C1N=C(N)N=CN1[C@@H]1O[C@H](CO)[C@H](O)C1O.C=C1N=C(N)N=CN1[C@@H]1O[C@H](CO)[C@H](O)C1O. The van der Waals surface area contributed by atoms with Crippen LogP contribution >= 0.6 is 0 Å². The molecular weight excluding hydrogens is 1370 g/mol. The van der Waals surface area contributed by atoms with Gasteiger partial charge in [-0.2, -0.15) is 30.0 Å². The molecule has 0 radical (unpaired) electrons. The van der Waals surface area contributed by atoms with Gasteiger partial charge in [-0.05, 0) is 0 Å². The molecule has 0 amide bonds. The molecule has 0 bridgehead atoms. The van der Waals surface area contributed by atoms with Crippen molar-refractivity contribution in [1.29, 1.82) is 0 Å². The molecule has 6 unspecified atom stereocenters. The van der Waals surface area contributed by atoms with Crippen LogP contribution in [-0.4, -0.2) is 382 Å². The zero-order valence-corrected chi connectivity index (χ0v) is 53.8. The van der Waals surface area contributed by atoms with Gasteiger partial charge in [-0.15, -0.1) is 0 Å². The summed E-state index contributed by atoms with van der Waals surface area (Å²) in [4.78, 5) is 53.4. The second-order valence-corrected chi connectivity index (χ2v) is 22.6. The van der Waals surface area contributed by atoms with E-state index in [0.717, 1.165) is 0 Å². The van der Waals surface area contributed by atoms with Crippen molar-refractivity contribution < 1.29 is 120 Å². The Hall–Kier alpha value is -8.88. The minimum absolute atomic E-state index is 0.0537. The topological polar surface area (TPSA) is 743 Å². The van der Waals surface area contributed by atoms with E-state index in [4.69, 9.17) is 93.5 Å². The van der Waals surface area contributed by atoms with Crippen LogP contribution in [-0.2, 0) is 28.4 Å². The van der Waals surface area contributed by atoms with Crippen LogP contribution in [0.25, 0.3) is 0 Å². The molecule has 48 heteroatoms. The van der Waals surface area contributed by atoms with E-state index in [-0.39, 0.29) is 70.7 Å². The lowest BCUT2D eigenvalue weighted by atomic mass is 10.1. The van der Waals surface area contributed by atoms with E-state index in [0.29, 0.717) is 0 Å². The fourth-order valence-electron chi connectivity index (χ4n) is 10.4. The Kier molecular flexibility index (Phi) is 27.9. The van der Waals surface area contributed by atoms with Gasteiger partial charge in [0.2, 0.25) is 35.8 Å². The van der Waals surface area contributed by atoms with E-state index >= 15 is 0 Å². The molecule has 564 valence electrons. The van der Waals surface area contributed by atoms with Crippen LogP contribution in [0.1, 0.15) is 0 Å². The monoisotopic (exact) mass is 1450 g/mol. The maximum Gasteiger partial charge on any atom is 0.223 e. The van der Waals surface area contributed by atoms with Gasteiger partial charge in [0.25, 0.3) is 0 Å². The molecule has 48 nitrogen and oxygen atoms in total.